The number of ketones is 1. The molecule has 0 radical (unpaired) electrons. The monoisotopic (exact) mass is 363 g/mol. The quantitative estimate of drug-likeness (QED) is 0.507. The van der Waals surface area contributed by atoms with Crippen LogP contribution in [0.15, 0.2) is 94.2 Å². The molecule has 0 aliphatic carbocycles. The Labute approximate surface area is 152 Å². The van der Waals surface area contributed by atoms with Gasteiger partial charge in [0.15, 0.2) is 0 Å². The van der Waals surface area contributed by atoms with Gasteiger partial charge in [-0.2, -0.15) is 12.8 Å². The summed E-state index contributed by atoms with van der Waals surface area (Å²) in [7, 11) is -4.01. The molecule has 3 rings (SSSR count). The lowest BCUT2D eigenvalue weighted by molar-refractivity contribution is 0.106. The number of aryl methyl sites for hydroxylation is 1. The van der Waals surface area contributed by atoms with Gasteiger partial charge in [0.05, 0.1) is 4.90 Å². The summed E-state index contributed by atoms with van der Waals surface area (Å²) in [6.07, 6.45) is 0. The van der Waals surface area contributed by atoms with Crippen LogP contribution in [0.5, 0.6) is 0 Å². The summed E-state index contributed by atoms with van der Waals surface area (Å²) in [6.45, 7) is 1.87. The standard InChI is InChI=1S/C21H17NO3S/c1-16-12-14-19(15-13-16)26(24,25)22-20(17-8-4-2-5-9-17)21(23)18-10-6-3-7-11-18/h2-15H,1H3/b22-20+. The van der Waals surface area contributed by atoms with Gasteiger partial charge in [0.1, 0.15) is 5.71 Å². The first-order valence-electron chi connectivity index (χ1n) is 8.04. The number of benzene rings is 3. The van der Waals surface area contributed by atoms with Gasteiger partial charge >= 0.3 is 0 Å². The Bertz CT molecular complexity index is 1040. The number of sulfonamides is 1. The molecule has 3 aromatic carbocycles. The van der Waals surface area contributed by atoms with Crippen molar-refractivity contribution in [3.63, 3.8) is 0 Å². The minimum Gasteiger partial charge on any atom is -0.287 e. The average Bonchev–Trinajstić information content (AvgIpc) is 2.67. The number of Topliss-reactive ketones (excluding diaryl/α,β-unsaturated/α-hetero) is 1. The van der Waals surface area contributed by atoms with Crippen LogP contribution in [0.4, 0.5) is 0 Å². The molecule has 5 heteroatoms. The van der Waals surface area contributed by atoms with Gasteiger partial charge in [-0.05, 0) is 19.1 Å². The smallest absolute Gasteiger partial charge is 0.283 e. The van der Waals surface area contributed by atoms with E-state index < -0.39 is 15.8 Å². The van der Waals surface area contributed by atoms with Crippen LogP contribution in [-0.4, -0.2) is 19.9 Å². The third-order valence-corrected chi connectivity index (χ3v) is 5.12. The van der Waals surface area contributed by atoms with Crippen LogP contribution in [-0.2, 0) is 10.0 Å². The van der Waals surface area contributed by atoms with Crippen molar-refractivity contribution in [3.8, 4) is 0 Å². The second kappa shape index (κ2) is 7.45. The van der Waals surface area contributed by atoms with Gasteiger partial charge in [-0.15, -0.1) is 0 Å². The Morgan fingerprint density at radius 2 is 1.23 bits per heavy atom. The molecule has 0 aliphatic rings. The van der Waals surface area contributed by atoms with Gasteiger partial charge in [-0.25, -0.2) is 0 Å². The normalized spacial score (nSPS) is 12.0. The van der Waals surface area contributed by atoms with Gasteiger partial charge in [0.2, 0.25) is 5.78 Å². The van der Waals surface area contributed by atoms with E-state index in [0.29, 0.717) is 11.1 Å². The predicted molar refractivity (Wildman–Crippen MR) is 102 cm³/mol. The topological polar surface area (TPSA) is 63.6 Å². The van der Waals surface area contributed by atoms with E-state index in [1.165, 1.54) is 12.1 Å². The fraction of sp³-hybridized carbons (Fsp3) is 0.0476. The Kier molecular flexibility index (Phi) is 5.09. The Hall–Kier alpha value is -3.05. The van der Waals surface area contributed by atoms with E-state index in [4.69, 9.17) is 0 Å². The van der Waals surface area contributed by atoms with Crippen molar-refractivity contribution in [2.45, 2.75) is 11.8 Å². The minimum atomic E-state index is -4.01. The van der Waals surface area contributed by atoms with Crippen LogP contribution in [0.2, 0.25) is 0 Å². The first-order valence-corrected chi connectivity index (χ1v) is 9.48. The highest BCUT2D eigenvalue weighted by molar-refractivity contribution is 7.90. The van der Waals surface area contributed by atoms with Gasteiger partial charge < -0.3 is 0 Å². The van der Waals surface area contributed by atoms with Crippen LogP contribution < -0.4 is 0 Å². The molecular formula is C21H17NO3S. The Morgan fingerprint density at radius 3 is 1.77 bits per heavy atom. The van der Waals surface area contributed by atoms with Crippen molar-refractivity contribution in [2.24, 2.45) is 4.40 Å². The first-order chi connectivity index (χ1) is 12.5. The van der Waals surface area contributed by atoms with Crippen molar-refractivity contribution in [1.29, 1.82) is 0 Å². The second-order valence-electron chi connectivity index (χ2n) is 5.79. The second-order valence-corrected chi connectivity index (χ2v) is 7.39. The molecule has 0 saturated carbocycles. The molecule has 0 spiro atoms. The molecule has 3 aromatic rings. The summed E-state index contributed by atoms with van der Waals surface area (Å²) >= 11 is 0. The molecular weight excluding hydrogens is 346 g/mol. The maximum Gasteiger partial charge on any atom is 0.283 e. The molecule has 0 fully saturated rings. The van der Waals surface area contributed by atoms with Crippen LogP contribution in [0.3, 0.4) is 0 Å². The van der Waals surface area contributed by atoms with Crippen LogP contribution in [0, 0.1) is 6.92 Å². The van der Waals surface area contributed by atoms with E-state index in [1.807, 2.05) is 6.92 Å². The summed E-state index contributed by atoms with van der Waals surface area (Å²) in [5, 5.41) is 0. The van der Waals surface area contributed by atoms with Crippen molar-refractivity contribution < 1.29 is 13.2 Å². The van der Waals surface area contributed by atoms with Crippen molar-refractivity contribution in [1.82, 2.24) is 0 Å². The summed E-state index contributed by atoms with van der Waals surface area (Å²) in [6, 6.07) is 23.5. The zero-order valence-electron chi connectivity index (χ0n) is 14.2. The number of hydrogen-bond acceptors (Lipinski definition) is 3. The number of carbonyl (C=O) groups is 1. The van der Waals surface area contributed by atoms with Crippen molar-refractivity contribution in [3.05, 3.63) is 102 Å². The van der Waals surface area contributed by atoms with E-state index in [1.54, 1.807) is 72.8 Å². The van der Waals surface area contributed by atoms with Crippen LogP contribution in [0.25, 0.3) is 0 Å². The fourth-order valence-electron chi connectivity index (χ4n) is 2.43. The largest absolute Gasteiger partial charge is 0.287 e. The maximum absolute atomic E-state index is 12.9. The van der Waals surface area contributed by atoms with Crippen molar-refractivity contribution >= 4 is 21.5 Å². The summed E-state index contributed by atoms with van der Waals surface area (Å²) in [4.78, 5) is 13.0. The Morgan fingerprint density at radius 1 is 0.731 bits per heavy atom. The highest BCUT2D eigenvalue weighted by atomic mass is 32.2. The van der Waals surface area contributed by atoms with Gasteiger partial charge in [-0.1, -0.05) is 78.4 Å². The van der Waals surface area contributed by atoms with Crippen LogP contribution in [0.1, 0.15) is 21.5 Å². The third kappa shape index (κ3) is 3.95. The van der Waals surface area contributed by atoms with Gasteiger partial charge in [0.25, 0.3) is 10.0 Å². The highest BCUT2D eigenvalue weighted by Gasteiger charge is 2.21. The molecule has 0 heterocycles. The molecule has 0 bridgehead atoms. The van der Waals surface area contributed by atoms with E-state index in [-0.39, 0.29) is 10.6 Å². The molecule has 0 atom stereocenters. The lowest BCUT2D eigenvalue weighted by atomic mass is 10.0. The molecule has 0 saturated heterocycles. The van der Waals surface area contributed by atoms with Gasteiger partial charge in [-0.3, -0.25) is 4.79 Å². The SMILES string of the molecule is Cc1ccc(S(=O)(=O)/N=C(/C(=O)c2ccccc2)c2ccccc2)cc1. The van der Waals surface area contributed by atoms with E-state index in [2.05, 4.69) is 4.40 Å². The Balaban J connectivity index is 2.13. The first kappa shape index (κ1) is 17.8. The van der Waals surface area contributed by atoms with E-state index >= 15 is 0 Å². The zero-order valence-corrected chi connectivity index (χ0v) is 15.0. The van der Waals surface area contributed by atoms with Gasteiger partial charge in [0, 0.05) is 11.1 Å². The number of hydrogen-bond donors (Lipinski definition) is 0. The minimum absolute atomic E-state index is 0.0531. The molecule has 0 aromatic heterocycles. The molecule has 0 aliphatic heterocycles. The number of rotatable bonds is 5. The zero-order chi connectivity index (χ0) is 18.6. The van der Waals surface area contributed by atoms with E-state index in [0.717, 1.165) is 5.56 Å². The highest BCUT2D eigenvalue weighted by Crippen LogP contribution is 2.17. The maximum atomic E-state index is 12.9. The summed E-state index contributed by atoms with van der Waals surface area (Å²) in [5.41, 5.74) is 1.68. The molecule has 0 N–H and O–H groups in total. The lowest BCUT2D eigenvalue weighted by Gasteiger charge is -2.07. The molecule has 130 valence electrons. The molecule has 0 unspecified atom stereocenters. The van der Waals surface area contributed by atoms with E-state index in [9.17, 15) is 13.2 Å². The molecule has 0 amide bonds. The third-order valence-electron chi connectivity index (χ3n) is 3.83. The summed E-state index contributed by atoms with van der Waals surface area (Å²) < 4.78 is 29.3. The predicted octanol–water partition coefficient (Wildman–Crippen LogP) is 4.06. The van der Waals surface area contributed by atoms with Crippen molar-refractivity contribution in [2.75, 3.05) is 0 Å². The molecule has 26 heavy (non-hydrogen) atoms. The number of nitrogens with zero attached hydrogens (tertiary/aromatic N) is 1. The molecule has 4 nitrogen and oxygen atoms in total. The fourth-order valence-corrected chi connectivity index (χ4v) is 3.44. The lowest BCUT2D eigenvalue weighted by Crippen LogP contribution is -2.18. The average molecular weight is 363 g/mol. The summed E-state index contributed by atoms with van der Waals surface area (Å²) in [5.74, 6) is -0.438. The number of carbonyl (C=O) groups excluding carboxylic acids is 1. The van der Waals surface area contributed by atoms with Crippen LogP contribution >= 0.6 is 0 Å².